The third-order valence-electron chi connectivity index (χ3n) is 1.66. The Morgan fingerprint density at radius 3 is 1.87 bits per heavy atom. The first-order valence-electron chi connectivity index (χ1n) is 4.08. The molecule has 1 aliphatic heterocycles. The highest BCUT2D eigenvalue weighted by molar-refractivity contribution is 5.73. The van der Waals surface area contributed by atoms with Crippen LogP contribution in [0.1, 0.15) is 0 Å². The summed E-state index contributed by atoms with van der Waals surface area (Å²) in [4.78, 5) is 8.90. The van der Waals surface area contributed by atoms with Gasteiger partial charge in [-0.2, -0.15) is 13.2 Å². The number of morpholine rings is 1. The van der Waals surface area contributed by atoms with Crippen LogP contribution in [-0.2, 0) is 9.53 Å². The van der Waals surface area contributed by atoms with Gasteiger partial charge in [0.05, 0.1) is 20.3 Å². The van der Waals surface area contributed by atoms with Crippen molar-refractivity contribution in [1.29, 1.82) is 0 Å². The van der Waals surface area contributed by atoms with Crippen LogP contribution in [0.2, 0.25) is 0 Å². The first-order chi connectivity index (χ1) is 6.65. The molecule has 0 radical (unpaired) electrons. The number of halogens is 3. The van der Waals surface area contributed by atoms with Crippen molar-refractivity contribution in [1.82, 2.24) is 0 Å². The van der Waals surface area contributed by atoms with Crippen LogP contribution in [0.15, 0.2) is 0 Å². The number of hydroxylamine groups is 3. The van der Waals surface area contributed by atoms with Gasteiger partial charge < -0.3 is 19.7 Å². The fourth-order valence-electron chi connectivity index (χ4n) is 0.729. The van der Waals surface area contributed by atoms with Crippen LogP contribution in [-0.4, -0.2) is 55.2 Å². The van der Waals surface area contributed by atoms with Crippen molar-refractivity contribution < 1.29 is 32.5 Å². The van der Waals surface area contributed by atoms with E-state index in [1.54, 1.807) is 7.05 Å². The van der Waals surface area contributed by atoms with Crippen molar-refractivity contribution in [3.63, 3.8) is 0 Å². The van der Waals surface area contributed by atoms with Crippen LogP contribution in [0.5, 0.6) is 0 Å². The zero-order valence-corrected chi connectivity index (χ0v) is 8.08. The van der Waals surface area contributed by atoms with Gasteiger partial charge in [-0.3, -0.25) is 0 Å². The normalized spacial score (nSPS) is 20.1. The number of carboxylic acid groups (broad SMARTS) is 1. The number of aliphatic carboxylic acids is 1. The zero-order chi connectivity index (χ0) is 12.1. The number of rotatable bonds is 0. The topological polar surface area (TPSA) is 69.6 Å². The van der Waals surface area contributed by atoms with Gasteiger partial charge in [-0.1, -0.05) is 0 Å². The minimum Gasteiger partial charge on any atom is -0.633 e. The average Bonchev–Trinajstić information content (AvgIpc) is 2.02. The number of quaternary nitrogens is 1. The van der Waals surface area contributed by atoms with Crippen molar-refractivity contribution in [3.05, 3.63) is 5.21 Å². The van der Waals surface area contributed by atoms with E-state index in [0.29, 0.717) is 26.3 Å². The van der Waals surface area contributed by atoms with E-state index in [-0.39, 0.29) is 4.65 Å². The molecular weight excluding hydrogens is 219 g/mol. The predicted octanol–water partition coefficient (Wildman–Crippen LogP) is 0.594. The lowest BCUT2D eigenvalue weighted by Gasteiger charge is -2.41. The van der Waals surface area contributed by atoms with E-state index in [0.717, 1.165) is 0 Å². The summed E-state index contributed by atoms with van der Waals surface area (Å²) in [5.41, 5.74) is 0. The third kappa shape index (κ3) is 7.11. The van der Waals surface area contributed by atoms with Gasteiger partial charge in [0.1, 0.15) is 13.1 Å². The maximum atomic E-state index is 11.0. The Balaban J connectivity index is 0.000000265. The van der Waals surface area contributed by atoms with Gasteiger partial charge in [0, 0.05) is 0 Å². The number of likely N-dealkylation sites (N-methyl/N-ethyl adjacent to an activating group) is 1. The van der Waals surface area contributed by atoms with E-state index >= 15 is 0 Å². The molecule has 0 aliphatic carbocycles. The molecule has 0 unspecified atom stereocenters. The summed E-state index contributed by atoms with van der Waals surface area (Å²) in [6.07, 6.45) is -5.08. The molecule has 0 amide bonds. The summed E-state index contributed by atoms with van der Waals surface area (Å²) in [5.74, 6) is -2.76. The van der Waals surface area contributed by atoms with E-state index in [9.17, 15) is 18.4 Å². The van der Waals surface area contributed by atoms with Crippen LogP contribution in [0.3, 0.4) is 0 Å². The molecule has 0 saturated carbocycles. The maximum absolute atomic E-state index is 11.0. The first kappa shape index (κ1) is 14.1. The minimum absolute atomic E-state index is 0.125. The molecule has 1 rings (SSSR count). The summed E-state index contributed by atoms with van der Waals surface area (Å²) >= 11 is 0. The SMILES string of the molecule is C[N+]1([O-])CCOCC1.O=C(O)C(F)(F)F. The Morgan fingerprint density at radius 1 is 1.40 bits per heavy atom. The van der Waals surface area contributed by atoms with Crippen LogP contribution in [0.25, 0.3) is 0 Å². The molecule has 1 saturated heterocycles. The summed E-state index contributed by atoms with van der Waals surface area (Å²) in [6.45, 7) is 2.47. The number of carbonyl (C=O) groups is 1. The fraction of sp³-hybridized carbons (Fsp3) is 0.857. The highest BCUT2D eigenvalue weighted by Gasteiger charge is 2.38. The Kier molecular flexibility index (Phi) is 4.98. The molecule has 0 aromatic heterocycles. The lowest BCUT2D eigenvalue weighted by molar-refractivity contribution is -0.869. The van der Waals surface area contributed by atoms with Gasteiger partial charge >= 0.3 is 12.1 Å². The Labute approximate surface area is 84.2 Å². The Morgan fingerprint density at radius 2 is 1.73 bits per heavy atom. The van der Waals surface area contributed by atoms with Crippen molar-refractivity contribution in [2.24, 2.45) is 0 Å². The van der Waals surface area contributed by atoms with Gasteiger partial charge in [-0.05, 0) is 0 Å². The summed E-state index contributed by atoms with van der Waals surface area (Å²) in [7, 11) is 1.68. The summed E-state index contributed by atoms with van der Waals surface area (Å²) in [6, 6.07) is 0. The molecule has 5 nitrogen and oxygen atoms in total. The molecule has 15 heavy (non-hydrogen) atoms. The first-order valence-corrected chi connectivity index (χ1v) is 4.08. The monoisotopic (exact) mass is 231 g/mol. The lowest BCUT2D eigenvalue weighted by atomic mass is 10.4. The minimum atomic E-state index is -5.08. The number of nitrogens with zero attached hydrogens (tertiary/aromatic N) is 1. The highest BCUT2D eigenvalue weighted by atomic mass is 19.4. The second kappa shape index (κ2) is 5.29. The van der Waals surface area contributed by atoms with Crippen LogP contribution >= 0.6 is 0 Å². The van der Waals surface area contributed by atoms with Gasteiger partial charge in [0.15, 0.2) is 0 Å². The maximum Gasteiger partial charge on any atom is 0.490 e. The van der Waals surface area contributed by atoms with Crippen molar-refractivity contribution >= 4 is 5.97 Å². The van der Waals surface area contributed by atoms with E-state index in [2.05, 4.69) is 0 Å². The standard InChI is InChI=1S/C5H11NO2.C2HF3O2/c1-6(7)2-4-8-5-3-6;3-2(4,5)1(6)7/h2-5H2,1H3;(H,6,7). The molecular formula is C7H12F3NO4. The van der Waals surface area contributed by atoms with Crippen LogP contribution < -0.4 is 0 Å². The molecule has 0 bridgehead atoms. The number of hydrogen-bond acceptors (Lipinski definition) is 3. The van der Waals surface area contributed by atoms with E-state index in [4.69, 9.17) is 14.6 Å². The van der Waals surface area contributed by atoms with Crippen molar-refractivity contribution in [2.45, 2.75) is 6.18 Å². The molecule has 8 heteroatoms. The second-order valence-corrected chi connectivity index (χ2v) is 3.16. The van der Waals surface area contributed by atoms with Crippen LogP contribution in [0.4, 0.5) is 13.2 Å². The molecule has 1 N–H and O–H groups in total. The highest BCUT2D eigenvalue weighted by Crippen LogP contribution is 2.13. The lowest BCUT2D eigenvalue weighted by Crippen LogP contribution is -2.46. The van der Waals surface area contributed by atoms with E-state index < -0.39 is 12.1 Å². The molecule has 0 spiro atoms. The van der Waals surface area contributed by atoms with Gasteiger partial charge in [0.25, 0.3) is 0 Å². The quantitative estimate of drug-likeness (QED) is 0.489. The predicted molar refractivity (Wildman–Crippen MR) is 43.8 cm³/mol. The van der Waals surface area contributed by atoms with Gasteiger partial charge in [-0.15, -0.1) is 0 Å². The smallest absolute Gasteiger partial charge is 0.490 e. The summed E-state index contributed by atoms with van der Waals surface area (Å²) < 4.78 is 36.6. The molecule has 1 heterocycles. The Hall–Kier alpha value is -0.860. The molecule has 1 aliphatic rings. The average molecular weight is 231 g/mol. The molecule has 90 valence electrons. The van der Waals surface area contributed by atoms with Crippen molar-refractivity contribution in [2.75, 3.05) is 33.4 Å². The van der Waals surface area contributed by atoms with Crippen LogP contribution in [0, 0.1) is 5.21 Å². The number of alkyl halides is 3. The molecule has 0 aromatic carbocycles. The molecule has 1 fully saturated rings. The number of ether oxygens (including phenoxy) is 1. The van der Waals surface area contributed by atoms with Crippen molar-refractivity contribution in [3.8, 4) is 0 Å². The van der Waals surface area contributed by atoms with E-state index in [1.165, 1.54) is 0 Å². The molecule has 0 atom stereocenters. The zero-order valence-electron chi connectivity index (χ0n) is 8.08. The number of carboxylic acids is 1. The Bertz CT molecular complexity index is 209. The third-order valence-corrected chi connectivity index (χ3v) is 1.66. The summed E-state index contributed by atoms with van der Waals surface area (Å²) in [5, 5.41) is 18.1. The van der Waals surface area contributed by atoms with Gasteiger partial charge in [-0.25, -0.2) is 4.79 Å². The second-order valence-electron chi connectivity index (χ2n) is 3.16. The van der Waals surface area contributed by atoms with E-state index in [1.807, 2.05) is 0 Å². The number of hydrogen-bond donors (Lipinski definition) is 1. The van der Waals surface area contributed by atoms with Gasteiger partial charge in [0.2, 0.25) is 0 Å². The molecule has 0 aromatic rings. The fourth-order valence-corrected chi connectivity index (χ4v) is 0.729. The largest absolute Gasteiger partial charge is 0.633 e.